The molecule has 5 nitrogen and oxygen atoms in total. The van der Waals surface area contributed by atoms with Gasteiger partial charge in [-0.1, -0.05) is 5.16 Å². The largest absolute Gasteiger partial charge is 0.381 e. The zero-order valence-corrected chi connectivity index (χ0v) is 11.0. The van der Waals surface area contributed by atoms with Crippen LogP contribution in [-0.2, 0) is 10.3 Å². The van der Waals surface area contributed by atoms with Crippen molar-refractivity contribution in [1.82, 2.24) is 10.1 Å². The standard InChI is InChI=1S/C12H15N3O2S/c1-8-6-18-7-9(8)10-14-11(17-15-10)12(13)2-4-16-5-3-12/h6-7H,2-5,13H2,1H3. The highest BCUT2D eigenvalue weighted by Crippen LogP contribution is 2.31. The Bertz CT molecular complexity index is 543. The third kappa shape index (κ3) is 1.96. The molecule has 2 N–H and O–H groups in total. The van der Waals surface area contributed by atoms with Gasteiger partial charge in [-0.05, 0) is 30.7 Å². The van der Waals surface area contributed by atoms with Gasteiger partial charge in [-0.15, -0.1) is 0 Å². The summed E-state index contributed by atoms with van der Waals surface area (Å²) in [5.74, 6) is 1.14. The van der Waals surface area contributed by atoms with E-state index in [1.165, 1.54) is 0 Å². The van der Waals surface area contributed by atoms with Gasteiger partial charge in [-0.3, -0.25) is 0 Å². The second-order valence-corrected chi connectivity index (χ2v) is 5.40. The summed E-state index contributed by atoms with van der Waals surface area (Å²) < 4.78 is 10.7. The molecule has 3 rings (SSSR count). The molecule has 1 fully saturated rings. The summed E-state index contributed by atoms with van der Waals surface area (Å²) in [4.78, 5) is 4.46. The van der Waals surface area contributed by atoms with E-state index >= 15 is 0 Å². The van der Waals surface area contributed by atoms with E-state index in [2.05, 4.69) is 15.5 Å². The minimum Gasteiger partial charge on any atom is -0.381 e. The molecule has 1 aliphatic rings. The first-order valence-electron chi connectivity index (χ1n) is 5.93. The van der Waals surface area contributed by atoms with Crippen LogP contribution in [0.5, 0.6) is 0 Å². The van der Waals surface area contributed by atoms with Gasteiger partial charge >= 0.3 is 0 Å². The maximum absolute atomic E-state index is 6.31. The first-order valence-corrected chi connectivity index (χ1v) is 6.87. The van der Waals surface area contributed by atoms with E-state index in [1.807, 2.05) is 12.3 Å². The average molecular weight is 265 g/mol. The molecular weight excluding hydrogens is 250 g/mol. The maximum Gasteiger partial charge on any atom is 0.247 e. The summed E-state index contributed by atoms with van der Waals surface area (Å²) in [6.07, 6.45) is 1.44. The lowest BCUT2D eigenvalue weighted by molar-refractivity contribution is 0.0400. The molecule has 3 heterocycles. The van der Waals surface area contributed by atoms with Crippen molar-refractivity contribution in [2.75, 3.05) is 13.2 Å². The normalized spacial score (nSPS) is 19.0. The molecule has 0 atom stereocenters. The van der Waals surface area contributed by atoms with Crippen LogP contribution in [0.15, 0.2) is 15.3 Å². The van der Waals surface area contributed by atoms with Gasteiger partial charge in [0.1, 0.15) is 5.54 Å². The first-order chi connectivity index (χ1) is 8.69. The molecule has 2 aromatic rings. The lowest BCUT2D eigenvalue weighted by Crippen LogP contribution is -2.42. The fourth-order valence-corrected chi connectivity index (χ4v) is 2.90. The van der Waals surface area contributed by atoms with Crippen molar-refractivity contribution in [3.05, 3.63) is 22.2 Å². The number of thiophene rings is 1. The molecule has 6 heteroatoms. The third-order valence-electron chi connectivity index (χ3n) is 3.33. The van der Waals surface area contributed by atoms with E-state index in [-0.39, 0.29) is 0 Å². The van der Waals surface area contributed by atoms with Crippen molar-refractivity contribution in [1.29, 1.82) is 0 Å². The Morgan fingerprint density at radius 2 is 2.11 bits per heavy atom. The van der Waals surface area contributed by atoms with Crippen LogP contribution in [0.3, 0.4) is 0 Å². The molecule has 0 aromatic carbocycles. The van der Waals surface area contributed by atoms with Crippen molar-refractivity contribution in [3.8, 4) is 11.4 Å². The third-order valence-corrected chi connectivity index (χ3v) is 4.19. The Hall–Kier alpha value is -1.24. The highest BCUT2D eigenvalue weighted by atomic mass is 32.1. The molecule has 1 saturated heterocycles. The van der Waals surface area contributed by atoms with Gasteiger partial charge in [0.05, 0.1) is 0 Å². The Morgan fingerprint density at radius 3 is 2.78 bits per heavy atom. The highest BCUT2D eigenvalue weighted by Gasteiger charge is 2.36. The van der Waals surface area contributed by atoms with E-state index in [4.69, 9.17) is 15.0 Å². The number of aromatic nitrogens is 2. The molecule has 0 bridgehead atoms. The Labute approximate surface area is 109 Å². The van der Waals surface area contributed by atoms with Crippen molar-refractivity contribution in [2.45, 2.75) is 25.3 Å². The van der Waals surface area contributed by atoms with Crippen molar-refractivity contribution < 1.29 is 9.26 Å². The monoisotopic (exact) mass is 265 g/mol. The summed E-state index contributed by atoms with van der Waals surface area (Å²) in [6, 6.07) is 0. The number of nitrogens with two attached hydrogens (primary N) is 1. The van der Waals surface area contributed by atoms with E-state index in [9.17, 15) is 0 Å². The first kappa shape index (κ1) is 11.8. The number of ether oxygens (including phenoxy) is 1. The summed E-state index contributed by atoms with van der Waals surface area (Å²) >= 11 is 1.63. The predicted molar refractivity (Wildman–Crippen MR) is 68.3 cm³/mol. The summed E-state index contributed by atoms with van der Waals surface area (Å²) in [7, 11) is 0. The minimum atomic E-state index is -0.534. The Balaban J connectivity index is 1.92. The minimum absolute atomic E-state index is 0.520. The van der Waals surface area contributed by atoms with Gasteiger partial charge in [0, 0.05) is 24.2 Å². The van der Waals surface area contributed by atoms with E-state index in [0.29, 0.717) is 24.9 Å². The molecule has 0 radical (unpaired) electrons. The van der Waals surface area contributed by atoms with Crippen LogP contribution in [0.25, 0.3) is 11.4 Å². The molecule has 2 aromatic heterocycles. The van der Waals surface area contributed by atoms with Crippen LogP contribution >= 0.6 is 11.3 Å². The molecule has 18 heavy (non-hydrogen) atoms. The predicted octanol–water partition coefficient (Wildman–Crippen LogP) is 2.07. The van der Waals surface area contributed by atoms with Gasteiger partial charge < -0.3 is 15.0 Å². The second kappa shape index (κ2) is 4.46. The van der Waals surface area contributed by atoms with Gasteiger partial charge in [0.2, 0.25) is 11.7 Å². The van der Waals surface area contributed by atoms with Gasteiger partial charge in [0.15, 0.2) is 0 Å². The number of rotatable bonds is 2. The fourth-order valence-electron chi connectivity index (χ4n) is 2.07. The summed E-state index contributed by atoms with van der Waals surface area (Å²) in [5.41, 5.74) is 7.95. The van der Waals surface area contributed by atoms with Crippen molar-refractivity contribution >= 4 is 11.3 Å². The van der Waals surface area contributed by atoms with Gasteiger partial charge in [-0.25, -0.2) is 0 Å². The number of hydrogen-bond donors (Lipinski definition) is 1. The van der Waals surface area contributed by atoms with Crippen LogP contribution in [0.4, 0.5) is 0 Å². The van der Waals surface area contributed by atoms with Gasteiger partial charge in [0.25, 0.3) is 0 Å². The number of aryl methyl sites for hydroxylation is 1. The molecule has 0 saturated carbocycles. The van der Waals surface area contributed by atoms with Crippen molar-refractivity contribution in [2.24, 2.45) is 5.73 Å². The van der Waals surface area contributed by atoms with Crippen LogP contribution in [0.2, 0.25) is 0 Å². The van der Waals surface area contributed by atoms with Crippen molar-refractivity contribution in [3.63, 3.8) is 0 Å². The zero-order valence-electron chi connectivity index (χ0n) is 10.2. The Kier molecular flexibility index (Phi) is 2.93. The molecule has 96 valence electrons. The van der Waals surface area contributed by atoms with Crippen LogP contribution in [0, 0.1) is 6.92 Å². The molecular formula is C12H15N3O2S. The quantitative estimate of drug-likeness (QED) is 0.899. The van der Waals surface area contributed by atoms with Gasteiger partial charge in [-0.2, -0.15) is 16.3 Å². The lowest BCUT2D eigenvalue weighted by atomic mass is 9.91. The van der Waals surface area contributed by atoms with E-state index in [0.717, 1.165) is 24.0 Å². The lowest BCUT2D eigenvalue weighted by Gasteiger charge is -2.29. The van der Waals surface area contributed by atoms with Crippen LogP contribution in [0.1, 0.15) is 24.3 Å². The zero-order chi connectivity index (χ0) is 12.6. The SMILES string of the molecule is Cc1cscc1-c1noc(C2(N)CCOCC2)n1. The van der Waals surface area contributed by atoms with Crippen LogP contribution < -0.4 is 5.73 Å². The summed E-state index contributed by atoms with van der Waals surface area (Å²) in [6.45, 7) is 3.33. The molecule has 0 aliphatic carbocycles. The second-order valence-electron chi connectivity index (χ2n) is 4.66. The smallest absolute Gasteiger partial charge is 0.247 e. The number of hydrogen-bond acceptors (Lipinski definition) is 6. The van der Waals surface area contributed by atoms with Crippen LogP contribution in [-0.4, -0.2) is 23.4 Å². The highest BCUT2D eigenvalue weighted by molar-refractivity contribution is 7.08. The maximum atomic E-state index is 6.31. The molecule has 0 unspecified atom stereocenters. The topological polar surface area (TPSA) is 74.2 Å². The van der Waals surface area contributed by atoms with E-state index in [1.54, 1.807) is 11.3 Å². The Morgan fingerprint density at radius 1 is 1.33 bits per heavy atom. The molecule has 1 aliphatic heterocycles. The summed E-state index contributed by atoms with van der Waals surface area (Å²) in [5, 5.41) is 8.13. The average Bonchev–Trinajstić information content (AvgIpc) is 2.98. The fraction of sp³-hybridized carbons (Fsp3) is 0.500. The molecule has 0 amide bonds. The van der Waals surface area contributed by atoms with E-state index < -0.39 is 5.54 Å². The number of nitrogens with zero attached hydrogens (tertiary/aromatic N) is 2. The molecule has 0 spiro atoms.